The average molecular weight is 443 g/mol. The van der Waals surface area contributed by atoms with Gasteiger partial charge in [0.05, 0.1) is 6.54 Å². The molecule has 0 amide bonds. The summed E-state index contributed by atoms with van der Waals surface area (Å²) in [7, 11) is 5.55. The number of anilines is 2. The van der Waals surface area contributed by atoms with Gasteiger partial charge >= 0.3 is 17.8 Å². The summed E-state index contributed by atoms with van der Waals surface area (Å²) in [5.74, 6) is 4.49. The SMILES string of the molecule is CC#CCn1c(=O)n(C)c2nc(N(C)C)nc(N3CCNCC3)c21.O=C(O)C(F)(F)F. The number of hydrogen-bond acceptors (Lipinski definition) is 7. The van der Waals surface area contributed by atoms with E-state index < -0.39 is 12.1 Å². The van der Waals surface area contributed by atoms with Crippen molar-refractivity contribution in [2.45, 2.75) is 19.6 Å². The lowest BCUT2D eigenvalue weighted by molar-refractivity contribution is -0.192. The van der Waals surface area contributed by atoms with Crippen LogP contribution in [0.1, 0.15) is 6.92 Å². The van der Waals surface area contributed by atoms with Crippen LogP contribution in [0.3, 0.4) is 0 Å². The molecule has 2 aromatic heterocycles. The zero-order chi connectivity index (χ0) is 23.3. The highest BCUT2D eigenvalue weighted by atomic mass is 19.4. The Balaban J connectivity index is 0.000000423. The van der Waals surface area contributed by atoms with E-state index in [1.165, 1.54) is 0 Å². The molecule has 13 heteroatoms. The summed E-state index contributed by atoms with van der Waals surface area (Å²) in [4.78, 5) is 34.9. The van der Waals surface area contributed by atoms with Crippen LogP contribution in [-0.2, 0) is 18.4 Å². The van der Waals surface area contributed by atoms with Gasteiger partial charge in [0.15, 0.2) is 11.5 Å². The van der Waals surface area contributed by atoms with Crippen molar-refractivity contribution in [2.24, 2.45) is 7.05 Å². The van der Waals surface area contributed by atoms with Gasteiger partial charge in [0.2, 0.25) is 5.95 Å². The molecule has 0 spiro atoms. The smallest absolute Gasteiger partial charge is 0.475 e. The minimum Gasteiger partial charge on any atom is -0.475 e. The number of piperazine rings is 1. The second-order valence-electron chi connectivity index (χ2n) is 6.81. The van der Waals surface area contributed by atoms with Crippen LogP contribution in [0, 0.1) is 11.8 Å². The molecular formula is C18H24F3N7O3. The maximum atomic E-state index is 12.7. The van der Waals surface area contributed by atoms with Gasteiger partial charge in [0.25, 0.3) is 0 Å². The molecule has 2 aromatic rings. The maximum absolute atomic E-state index is 12.7. The number of carboxylic acid groups (broad SMARTS) is 1. The highest BCUT2D eigenvalue weighted by Gasteiger charge is 2.38. The van der Waals surface area contributed by atoms with E-state index in [1.807, 2.05) is 19.0 Å². The summed E-state index contributed by atoms with van der Waals surface area (Å²) >= 11 is 0. The number of carbonyl (C=O) groups is 1. The number of aliphatic carboxylic acids is 1. The number of aromatic nitrogens is 4. The third-order valence-electron chi connectivity index (χ3n) is 4.41. The summed E-state index contributed by atoms with van der Waals surface area (Å²) in [6.45, 7) is 5.61. The van der Waals surface area contributed by atoms with Gasteiger partial charge in [-0.15, -0.1) is 5.92 Å². The number of hydrogen-bond donors (Lipinski definition) is 2. The Morgan fingerprint density at radius 2 is 1.84 bits per heavy atom. The highest BCUT2D eigenvalue weighted by molar-refractivity contribution is 5.86. The number of rotatable bonds is 3. The number of nitrogens with zero attached hydrogens (tertiary/aromatic N) is 6. The number of halogens is 3. The van der Waals surface area contributed by atoms with Crippen molar-refractivity contribution in [1.29, 1.82) is 0 Å². The van der Waals surface area contributed by atoms with E-state index in [0.717, 1.165) is 37.5 Å². The number of carboxylic acids is 1. The fourth-order valence-corrected chi connectivity index (χ4v) is 2.86. The monoisotopic (exact) mass is 443 g/mol. The standard InChI is InChI=1S/C16H23N7O.C2HF3O2/c1-5-6-9-23-12-13(21(4)16(23)24)18-15(20(2)3)19-14(12)22-10-7-17-8-11-22;3-2(4,5)1(6)7/h17H,7-11H2,1-4H3;(H,6,7). The molecule has 1 fully saturated rings. The van der Waals surface area contributed by atoms with Crippen molar-refractivity contribution < 1.29 is 23.1 Å². The first-order chi connectivity index (χ1) is 14.5. The number of fused-ring (bicyclic) bond motifs is 1. The molecule has 0 aromatic carbocycles. The molecule has 0 bridgehead atoms. The molecule has 1 aliphatic heterocycles. The second-order valence-corrected chi connectivity index (χ2v) is 6.81. The van der Waals surface area contributed by atoms with Crippen LogP contribution in [0.4, 0.5) is 24.9 Å². The van der Waals surface area contributed by atoms with Gasteiger partial charge in [-0.2, -0.15) is 23.1 Å². The van der Waals surface area contributed by atoms with E-state index in [4.69, 9.17) is 14.9 Å². The molecule has 2 N–H and O–H groups in total. The Labute approximate surface area is 176 Å². The van der Waals surface area contributed by atoms with Crippen molar-refractivity contribution in [2.75, 3.05) is 50.1 Å². The van der Waals surface area contributed by atoms with Gasteiger partial charge in [-0.05, 0) is 6.92 Å². The van der Waals surface area contributed by atoms with E-state index in [9.17, 15) is 18.0 Å². The van der Waals surface area contributed by atoms with E-state index in [-0.39, 0.29) is 5.69 Å². The Morgan fingerprint density at radius 3 is 2.32 bits per heavy atom. The van der Waals surface area contributed by atoms with Gasteiger partial charge in [-0.3, -0.25) is 9.13 Å². The Bertz CT molecular complexity index is 1060. The van der Waals surface area contributed by atoms with E-state index in [2.05, 4.69) is 27.0 Å². The molecule has 170 valence electrons. The predicted molar refractivity (Wildman–Crippen MR) is 109 cm³/mol. The molecule has 1 saturated heterocycles. The minimum atomic E-state index is -5.08. The second kappa shape index (κ2) is 9.69. The first kappa shape index (κ1) is 24.0. The maximum Gasteiger partial charge on any atom is 0.490 e. The third-order valence-corrected chi connectivity index (χ3v) is 4.41. The van der Waals surface area contributed by atoms with Gasteiger partial charge in [0.1, 0.15) is 5.52 Å². The molecule has 0 unspecified atom stereocenters. The zero-order valence-electron chi connectivity index (χ0n) is 17.6. The van der Waals surface area contributed by atoms with E-state index in [0.29, 0.717) is 18.1 Å². The first-order valence-corrected chi connectivity index (χ1v) is 9.29. The Hall–Kier alpha value is -3.27. The molecule has 0 saturated carbocycles. The predicted octanol–water partition coefficient (Wildman–Crippen LogP) is 0.262. The average Bonchev–Trinajstić information content (AvgIpc) is 2.96. The van der Waals surface area contributed by atoms with Crippen LogP contribution in [0.5, 0.6) is 0 Å². The summed E-state index contributed by atoms with van der Waals surface area (Å²) in [5, 5.41) is 10.5. The molecule has 10 nitrogen and oxygen atoms in total. The lowest BCUT2D eigenvalue weighted by atomic mass is 10.3. The number of aryl methyl sites for hydroxylation is 1. The van der Waals surface area contributed by atoms with Crippen LogP contribution < -0.4 is 20.8 Å². The molecule has 0 atom stereocenters. The third kappa shape index (κ3) is 5.46. The zero-order valence-corrected chi connectivity index (χ0v) is 17.6. The van der Waals surface area contributed by atoms with E-state index >= 15 is 0 Å². The van der Waals surface area contributed by atoms with E-state index in [1.54, 1.807) is 23.1 Å². The van der Waals surface area contributed by atoms with Crippen LogP contribution in [-0.4, -0.2) is 76.6 Å². The number of nitrogens with one attached hydrogen (secondary N) is 1. The van der Waals surface area contributed by atoms with Gasteiger partial charge in [0, 0.05) is 47.3 Å². The first-order valence-electron chi connectivity index (χ1n) is 9.29. The largest absolute Gasteiger partial charge is 0.490 e. The normalized spacial score (nSPS) is 13.8. The molecule has 31 heavy (non-hydrogen) atoms. The molecule has 0 radical (unpaired) electrons. The van der Waals surface area contributed by atoms with Crippen molar-refractivity contribution >= 4 is 28.9 Å². The summed E-state index contributed by atoms with van der Waals surface area (Å²) < 4.78 is 35.0. The van der Waals surface area contributed by atoms with Crippen molar-refractivity contribution in [1.82, 2.24) is 24.4 Å². The molecule has 1 aliphatic rings. The minimum absolute atomic E-state index is 0.116. The Morgan fingerprint density at radius 1 is 1.26 bits per heavy atom. The van der Waals surface area contributed by atoms with Crippen molar-refractivity contribution in [3.8, 4) is 11.8 Å². The summed E-state index contributed by atoms with van der Waals surface area (Å²) in [6.07, 6.45) is -5.08. The number of imidazole rings is 1. The van der Waals surface area contributed by atoms with Crippen LogP contribution in [0.25, 0.3) is 11.2 Å². The summed E-state index contributed by atoms with van der Waals surface area (Å²) in [6, 6.07) is 0. The molecular weight excluding hydrogens is 419 g/mol. The molecule has 3 rings (SSSR count). The van der Waals surface area contributed by atoms with Crippen LogP contribution >= 0.6 is 0 Å². The van der Waals surface area contributed by atoms with Gasteiger partial charge < -0.3 is 20.2 Å². The molecule has 0 aliphatic carbocycles. The number of alkyl halides is 3. The van der Waals surface area contributed by atoms with Crippen molar-refractivity contribution in [3.63, 3.8) is 0 Å². The van der Waals surface area contributed by atoms with Gasteiger partial charge in [-0.1, -0.05) is 5.92 Å². The highest BCUT2D eigenvalue weighted by Crippen LogP contribution is 2.26. The lowest BCUT2D eigenvalue weighted by Gasteiger charge is -2.29. The summed E-state index contributed by atoms with van der Waals surface area (Å²) in [5.41, 5.74) is 1.29. The lowest BCUT2D eigenvalue weighted by Crippen LogP contribution is -2.44. The Kier molecular flexibility index (Phi) is 7.50. The van der Waals surface area contributed by atoms with Crippen LogP contribution in [0.15, 0.2) is 4.79 Å². The fourth-order valence-electron chi connectivity index (χ4n) is 2.86. The topological polar surface area (TPSA) is 109 Å². The fraction of sp³-hybridized carbons (Fsp3) is 0.556. The van der Waals surface area contributed by atoms with Gasteiger partial charge in [-0.25, -0.2) is 9.59 Å². The van der Waals surface area contributed by atoms with Crippen molar-refractivity contribution in [3.05, 3.63) is 10.5 Å². The van der Waals surface area contributed by atoms with Crippen LogP contribution in [0.2, 0.25) is 0 Å². The quantitative estimate of drug-likeness (QED) is 0.651. The molecule has 3 heterocycles.